The van der Waals surface area contributed by atoms with E-state index in [2.05, 4.69) is 22.2 Å². The summed E-state index contributed by atoms with van der Waals surface area (Å²) in [7, 11) is 0. The molecule has 2 aromatic heterocycles. The van der Waals surface area contributed by atoms with Gasteiger partial charge in [0.1, 0.15) is 5.82 Å². The molecule has 0 aromatic carbocycles. The zero-order valence-electron chi connectivity index (χ0n) is 10.1. The van der Waals surface area contributed by atoms with Gasteiger partial charge in [0.05, 0.1) is 12.0 Å². The van der Waals surface area contributed by atoms with Crippen LogP contribution >= 0.6 is 0 Å². The second-order valence-corrected chi connectivity index (χ2v) is 4.19. The van der Waals surface area contributed by atoms with E-state index in [0.717, 1.165) is 17.9 Å². The molecule has 5 heteroatoms. The molecule has 2 aromatic rings. The second-order valence-electron chi connectivity index (χ2n) is 4.19. The molecule has 0 bridgehead atoms. The van der Waals surface area contributed by atoms with Gasteiger partial charge in [0, 0.05) is 31.2 Å². The van der Waals surface area contributed by atoms with Gasteiger partial charge >= 0.3 is 0 Å². The molecule has 0 amide bonds. The first kappa shape index (κ1) is 11.4. The Morgan fingerprint density at radius 1 is 1.47 bits per heavy atom. The highest BCUT2D eigenvalue weighted by molar-refractivity contribution is 5.65. The van der Waals surface area contributed by atoms with Crippen LogP contribution in [0.2, 0.25) is 0 Å². The molecule has 0 spiro atoms. The van der Waals surface area contributed by atoms with Gasteiger partial charge in [0.2, 0.25) is 0 Å². The summed E-state index contributed by atoms with van der Waals surface area (Å²) >= 11 is 0. The molecule has 2 rings (SSSR count). The Morgan fingerprint density at radius 2 is 2.29 bits per heavy atom. The number of aromatic nitrogens is 3. The van der Waals surface area contributed by atoms with E-state index in [4.69, 9.17) is 5.73 Å². The quantitative estimate of drug-likeness (QED) is 0.839. The number of hydrogen-bond donors (Lipinski definition) is 2. The van der Waals surface area contributed by atoms with E-state index in [1.165, 1.54) is 0 Å². The van der Waals surface area contributed by atoms with Crippen LogP contribution in [0, 0.1) is 6.92 Å². The minimum Gasteiger partial charge on any atom is -0.396 e. The molecule has 0 radical (unpaired) electrons. The molecule has 0 aliphatic heterocycles. The van der Waals surface area contributed by atoms with Gasteiger partial charge in [-0.25, -0.2) is 9.97 Å². The van der Waals surface area contributed by atoms with Gasteiger partial charge in [-0.15, -0.1) is 0 Å². The molecule has 0 saturated heterocycles. The monoisotopic (exact) mass is 231 g/mol. The van der Waals surface area contributed by atoms with Gasteiger partial charge in [-0.2, -0.15) is 0 Å². The number of rotatable bonds is 4. The summed E-state index contributed by atoms with van der Waals surface area (Å²) in [5.74, 6) is 0.748. The smallest absolute Gasteiger partial charge is 0.149 e. The van der Waals surface area contributed by atoms with Gasteiger partial charge in [0.25, 0.3) is 0 Å². The molecule has 0 aliphatic carbocycles. The summed E-state index contributed by atoms with van der Waals surface area (Å²) in [6, 6.07) is 2.14. The van der Waals surface area contributed by atoms with E-state index < -0.39 is 0 Å². The summed E-state index contributed by atoms with van der Waals surface area (Å²) < 4.78 is 2.02. The topological polar surface area (TPSA) is 68.8 Å². The molecule has 5 nitrogen and oxygen atoms in total. The van der Waals surface area contributed by atoms with Crippen LogP contribution in [-0.2, 0) is 6.54 Å². The number of nitrogens with two attached hydrogens (primary N) is 1. The first-order chi connectivity index (χ1) is 8.16. The van der Waals surface area contributed by atoms with E-state index in [9.17, 15) is 0 Å². The zero-order chi connectivity index (χ0) is 12.3. The Bertz CT molecular complexity index is 478. The largest absolute Gasteiger partial charge is 0.396 e. The second kappa shape index (κ2) is 4.86. The van der Waals surface area contributed by atoms with E-state index in [1.807, 2.05) is 23.8 Å². The number of nitrogens with zero attached hydrogens (tertiary/aromatic N) is 3. The van der Waals surface area contributed by atoms with Gasteiger partial charge in [0.15, 0.2) is 0 Å². The number of anilines is 2. The highest BCUT2D eigenvalue weighted by Crippen LogP contribution is 2.19. The third kappa shape index (κ3) is 2.75. The fourth-order valence-electron chi connectivity index (χ4n) is 1.67. The molecule has 17 heavy (non-hydrogen) atoms. The first-order valence-electron chi connectivity index (χ1n) is 5.60. The van der Waals surface area contributed by atoms with Gasteiger partial charge < -0.3 is 15.6 Å². The average Bonchev–Trinajstić information content (AvgIpc) is 2.77. The SMILES string of the molecule is Cc1ccnc(NC(C)Cn2ccnc2)c1N. The average molecular weight is 231 g/mol. The summed E-state index contributed by atoms with van der Waals surface area (Å²) in [5, 5.41) is 3.30. The van der Waals surface area contributed by atoms with Crippen molar-refractivity contribution < 1.29 is 0 Å². The summed E-state index contributed by atoms with van der Waals surface area (Å²) in [6.07, 6.45) is 7.26. The molecule has 0 saturated carbocycles. The van der Waals surface area contributed by atoms with Crippen molar-refractivity contribution in [1.82, 2.24) is 14.5 Å². The Morgan fingerprint density at radius 3 is 3.00 bits per heavy atom. The van der Waals surface area contributed by atoms with Crippen LogP contribution in [0.5, 0.6) is 0 Å². The van der Waals surface area contributed by atoms with Crippen molar-refractivity contribution in [1.29, 1.82) is 0 Å². The van der Waals surface area contributed by atoms with Crippen molar-refractivity contribution in [2.24, 2.45) is 0 Å². The van der Waals surface area contributed by atoms with Crippen molar-refractivity contribution in [2.45, 2.75) is 26.4 Å². The fourth-order valence-corrected chi connectivity index (χ4v) is 1.67. The molecule has 2 heterocycles. The van der Waals surface area contributed by atoms with E-state index in [-0.39, 0.29) is 6.04 Å². The van der Waals surface area contributed by atoms with Gasteiger partial charge in [-0.05, 0) is 25.5 Å². The van der Waals surface area contributed by atoms with Crippen LogP contribution in [0.15, 0.2) is 31.0 Å². The highest BCUT2D eigenvalue weighted by Gasteiger charge is 2.07. The van der Waals surface area contributed by atoms with Crippen LogP contribution in [-0.4, -0.2) is 20.6 Å². The summed E-state index contributed by atoms with van der Waals surface area (Å²) in [4.78, 5) is 8.26. The maximum absolute atomic E-state index is 5.96. The molecule has 1 unspecified atom stereocenters. The Labute approximate surface area is 101 Å². The molecule has 90 valence electrons. The first-order valence-corrected chi connectivity index (χ1v) is 5.60. The lowest BCUT2D eigenvalue weighted by Crippen LogP contribution is -2.22. The van der Waals surface area contributed by atoms with Gasteiger partial charge in [-0.3, -0.25) is 0 Å². The minimum absolute atomic E-state index is 0.237. The molecule has 0 fully saturated rings. The lowest BCUT2D eigenvalue weighted by Gasteiger charge is -2.16. The molecule has 3 N–H and O–H groups in total. The molecular weight excluding hydrogens is 214 g/mol. The molecule has 0 aliphatic rings. The van der Waals surface area contributed by atoms with Crippen LogP contribution in [0.3, 0.4) is 0 Å². The van der Waals surface area contributed by atoms with Crippen molar-refractivity contribution in [2.75, 3.05) is 11.1 Å². The van der Waals surface area contributed by atoms with Gasteiger partial charge in [-0.1, -0.05) is 0 Å². The maximum Gasteiger partial charge on any atom is 0.149 e. The van der Waals surface area contributed by atoms with E-state index in [1.54, 1.807) is 18.7 Å². The third-order valence-electron chi connectivity index (χ3n) is 2.64. The lowest BCUT2D eigenvalue weighted by molar-refractivity contribution is 0.617. The van der Waals surface area contributed by atoms with Crippen molar-refractivity contribution in [3.8, 4) is 0 Å². The molecular formula is C12H17N5. The normalized spacial score (nSPS) is 12.4. The molecule has 1 atom stereocenters. The van der Waals surface area contributed by atoms with Crippen LogP contribution in [0.25, 0.3) is 0 Å². The maximum atomic E-state index is 5.96. The fraction of sp³-hybridized carbons (Fsp3) is 0.333. The Balaban J connectivity index is 2.03. The third-order valence-corrected chi connectivity index (χ3v) is 2.64. The zero-order valence-corrected chi connectivity index (χ0v) is 10.1. The van der Waals surface area contributed by atoms with Crippen LogP contribution in [0.1, 0.15) is 12.5 Å². The minimum atomic E-state index is 0.237. The van der Waals surface area contributed by atoms with E-state index >= 15 is 0 Å². The van der Waals surface area contributed by atoms with Crippen LogP contribution < -0.4 is 11.1 Å². The predicted molar refractivity (Wildman–Crippen MR) is 68.7 cm³/mol. The highest BCUT2D eigenvalue weighted by atomic mass is 15.1. The number of nitrogen functional groups attached to an aromatic ring is 1. The van der Waals surface area contributed by atoms with Crippen LogP contribution in [0.4, 0.5) is 11.5 Å². The van der Waals surface area contributed by atoms with Crippen molar-refractivity contribution in [3.63, 3.8) is 0 Å². The van der Waals surface area contributed by atoms with E-state index in [0.29, 0.717) is 5.69 Å². The predicted octanol–water partition coefficient (Wildman–Crippen LogP) is 1.67. The number of pyridine rings is 1. The Kier molecular flexibility index (Phi) is 3.27. The summed E-state index contributed by atoms with van der Waals surface area (Å²) in [5.41, 5.74) is 7.71. The standard InChI is InChI=1S/C12H17N5/c1-9-3-4-15-12(11(9)13)16-10(2)7-17-6-5-14-8-17/h3-6,8,10H,7,13H2,1-2H3,(H,15,16). The Hall–Kier alpha value is -2.04. The van der Waals surface area contributed by atoms with Crippen molar-refractivity contribution >= 4 is 11.5 Å². The summed E-state index contributed by atoms with van der Waals surface area (Å²) in [6.45, 7) is 4.89. The van der Waals surface area contributed by atoms with Crippen molar-refractivity contribution in [3.05, 3.63) is 36.5 Å². The number of hydrogen-bond acceptors (Lipinski definition) is 4. The lowest BCUT2D eigenvalue weighted by atomic mass is 10.2. The number of imidazole rings is 1. The number of nitrogens with one attached hydrogen (secondary N) is 1. The number of aryl methyl sites for hydroxylation is 1.